The molecule has 2 aromatic rings. The predicted octanol–water partition coefficient (Wildman–Crippen LogP) is 5.10. The van der Waals surface area contributed by atoms with Crippen LogP contribution in [0.4, 0.5) is 11.5 Å². The second kappa shape index (κ2) is 7.35. The van der Waals surface area contributed by atoms with E-state index >= 15 is 0 Å². The number of likely N-dealkylation sites (tertiary alicyclic amines) is 1. The molecule has 5 rings (SSSR count). The Morgan fingerprint density at radius 1 is 1.07 bits per heavy atom. The van der Waals surface area contributed by atoms with Crippen molar-refractivity contribution in [3.8, 4) is 11.5 Å². The summed E-state index contributed by atoms with van der Waals surface area (Å²) in [6.07, 6.45) is 5.83. The molecule has 0 unspecified atom stereocenters. The summed E-state index contributed by atoms with van der Waals surface area (Å²) < 4.78 is 13.7. The minimum atomic E-state index is 0.481. The fourth-order valence-corrected chi connectivity index (χ4v) is 4.93. The highest BCUT2D eigenvalue weighted by Gasteiger charge is 2.38. The Bertz CT molecular complexity index is 812. The molecule has 1 aromatic carbocycles. The number of fused-ring (bicyclic) bond motifs is 4. The third kappa shape index (κ3) is 3.50. The molecule has 0 N–H and O–H groups in total. The Hall–Kier alpha value is -1.15. The smallest absolute Gasteiger partial charge is 0.176 e. The van der Waals surface area contributed by atoms with Gasteiger partial charge in [0.1, 0.15) is 0 Å². The third-order valence-corrected chi connectivity index (χ3v) is 6.51. The zero-order valence-electron chi connectivity index (χ0n) is 14.9. The SMILES string of the molecule is Brc1ccc2c(c1)Oc1cc(Br)cnc1N2CCCCN1C[C@@H]2C[C@H]1CO2. The van der Waals surface area contributed by atoms with Crippen molar-refractivity contribution in [2.45, 2.75) is 31.4 Å². The van der Waals surface area contributed by atoms with E-state index in [1.165, 1.54) is 12.8 Å². The molecule has 2 atom stereocenters. The highest BCUT2D eigenvalue weighted by Crippen LogP contribution is 2.47. The lowest BCUT2D eigenvalue weighted by Gasteiger charge is -2.32. The van der Waals surface area contributed by atoms with Gasteiger partial charge < -0.3 is 14.4 Å². The molecule has 3 aliphatic heterocycles. The molecule has 2 fully saturated rings. The van der Waals surface area contributed by atoms with Crippen LogP contribution in [0.5, 0.6) is 11.5 Å². The molecular weight excluding hydrogens is 474 g/mol. The quantitative estimate of drug-likeness (QED) is 0.540. The van der Waals surface area contributed by atoms with E-state index in [2.05, 4.69) is 58.8 Å². The number of morpholine rings is 1. The zero-order valence-corrected chi connectivity index (χ0v) is 18.1. The van der Waals surface area contributed by atoms with Crippen LogP contribution >= 0.6 is 31.9 Å². The second-order valence-corrected chi connectivity index (χ2v) is 9.22. The van der Waals surface area contributed by atoms with Crippen LogP contribution in [0, 0.1) is 0 Å². The number of unbranched alkanes of at least 4 members (excludes halogenated alkanes) is 1. The van der Waals surface area contributed by atoms with Crippen molar-refractivity contribution in [1.29, 1.82) is 0 Å². The van der Waals surface area contributed by atoms with Crippen molar-refractivity contribution in [3.63, 3.8) is 0 Å². The number of ether oxygens (including phenoxy) is 2. The van der Waals surface area contributed by atoms with Crippen LogP contribution in [0.25, 0.3) is 0 Å². The van der Waals surface area contributed by atoms with E-state index in [1.807, 2.05) is 18.3 Å². The largest absolute Gasteiger partial charge is 0.451 e. The van der Waals surface area contributed by atoms with Gasteiger partial charge in [-0.1, -0.05) is 15.9 Å². The number of aromatic nitrogens is 1. The summed E-state index contributed by atoms with van der Waals surface area (Å²) in [7, 11) is 0. The minimum absolute atomic E-state index is 0.481. The first kappa shape index (κ1) is 17.9. The number of hydrogen-bond acceptors (Lipinski definition) is 5. The number of nitrogens with zero attached hydrogens (tertiary/aromatic N) is 3. The summed E-state index contributed by atoms with van der Waals surface area (Å²) in [6, 6.07) is 8.81. The molecular formula is C20H21Br2N3O2. The van der Waals surface area contributed by atoms with Crippen molar-refractivity contribution in [2.24, 2.45) is 0 Å². The number of rotatable bonds is 5. The van der Waals surface area contributed by atoms with Gasteiger partial charge in [-0.2, -0.15) is 0 Å². The van der Waals surface area contributed by atoms with E-state index in [4.69, 9.17) is 9.47 Å². The number of halogens is 2. The van der Waals surface area contributed by atoms with E-state index in [0.29, 0.717) is 12.1 Å². The first-order valence-corrected chi connectivity index (χ1v) is 11.0. The predicted molar refractivity (Wildman–Crippen MR) is 112 cm³/mol. The van der Waals surface area contributed by atoms with Crippen LogP contribution in [0.2, 0.25) is 0 Å². The average molecular weight is 495 g/mol. The lowest BCUT2D eigenvalue weighted by atomic mass is 10.2. The molecule has 2 saturated heterocycles. The van der Waals surface area contributed by atoms with Crippen LogP contribution in [-0.4, -0.2) is 48.3 Å². The number of pyridine rings is 1. The van der Waals surface area contributed by atoms with Crippen LogP contribution in [-0.2, 0) is 4.74 Å². The number of hydrogen-bond donors (Lipinski definition) is 0. The second-order valence-electron chi connectivity index (χ2n) is 7.39. The van der Waals surface area contributed by atoms with Crippen LogP contribution in [0.3, 0.4) is 0 Å². The van der Waals surface area contributed by atoms with Gasteiger partial charge in [-0.05, 0) is 59.9 Å². The fourth-order valence-electron chi connectivity index (χ4n) is 4.28. The Labute approximate surface area is 175 Å². The summed E-state index contributed by atoms with van der Waals surface area (Å²) in [5.41, 5.74) is 1.08. The van der Waals surface area contributed by atoms with Crippen LogP contribution < -0.4 is 9.64 Å². The molecule has 27 heavy (non-hydrogen) atoms. The molecule has 2 bridgehead atoms. The van der Waals surface area contributed by atoms with Gasteiger partial charge >= 0.3 is 0 Å². The molecule has 0 saturated carbocycles. The monoisotopic (exact) mass is 493 g/mol. The highest BCUT2D eigenvalue weighted by molar-refractivity contribution is 9.10. The van der Waals surface area contributed by atoms with Crippen molar-refractivity contribution in [3.05, 3.63) is 39.4 Å². The van der Waals surface area contributed by atoms with E-state index in [9.17, 15) is 0 Å². The normalized spacial score (nSPS) is 23.3. The van der Waals surface area contributed by atoms with Crippen molar-refractivity contribution >= 4 is 43.4 Å². The summed E-state index contributed by atoms with van der Waals surface area (Å²) in [4.78, 5) is 9.51. The van der Waals surface area contributed by atoms with E-state index < -0.39 is 0 Å². The maximum atomic E-state index is 6.10. The Morgan fingerprint density at radius 3 is 2.74 bits per heavy atom. The molecule has 7 heteroatoms. The Kier molecular flexibility index (Phi) is 4.88. The van der Waals surface area contributed by atoms with Crippen LogP contribution in [0.15, 0.2) is 39.4 Å². The standard InChI is InChI=1S/C20H21Br2N3O2/c21-13-3-4-17-18(7-13)27-19-8-14(22)10-23-20(19)25(17)6-2-1-5-24-11-16-9-15(24)12-26-16/h3-4,7-8,10,15-16H,1-2,5-6,9,11-12H2/t15-,16-/m0/s1. The first-order valence-electron chi connectivity index (χ1n) is 9.43. The Balaban J connectivity index is 1.29. The minimum Gasteiger partial charge on any atom is -0.451 e. The lowest BCUT2D eigenvalue weighted by molar-refractivity contribution is 0.0301. The van der Waals surface area contributed by atoms with Crippen molar-refractivity contribution in [2.75, 3.05) is 31.1 Å². The molecule has 5 nitrogen and oxygen atoms in total. The number of anilines is 2. The van der Waals surface area contributed by atoms with Gasteiger partial charge in [-0.25, -0.2) is 4.98 Å². The van der Waals surface area contributed by atoms with E-state index in [-0.39, 0.29) is 0 Å². The van der Waals surface area contributed by atoms with E-state index in [0.717, 1.165) is 64.6 Å². The molecule has 0 radical (unpaired) electrons. The topological polar surface area (TPSA) is 37.8 Å². The van der Waals surface area contributed by atoms with Crippen molar-refractivity contribution in [1.82, 2.24) is 9.88 Å². The van der Waals surface area contributed by atoms with Gasteiger partial charge in [0, 0.05) is 40.3 Å². The lowest BCUT2D eigenvalue weighted by Crippen LogP contribution is -2.37. The molecule has 142 valence electrons. The van der Waals surface area contributed by atoms with Gasteiger partial charge in [0.05, 0.1) is 18.4 Å². The van der Waals surface area contributed by atoms with Gasteiger partial charge in [0.25, 0.3) is 0 Å². The van der Waals surface area contributed by atoms with E-state index in [1.54, 1.807) is 0 Å². The van der Waals surface area contributed by atoms with Crippen LogP contribution in [0.1, 0.15) is 19.3 Å². The average Bonchev–Trinajstić information content (AvgIpc) is 3.27. The number of benzene rings is 1. The van der Waals surface area contributed by atoms with Gasteiger partial charge in [-0.3, -0.25) is 4.90 Å². The summed E-state index contributed by atoms with van der Waals surface area (Å²) in [6.45, 7) is 4.11. The van der Waals surface area contributed by atoms with Crippen molar-refractivity contribution < 1.29 is 9.47 Å². The molecule has 4 heterocycles. The summed E-state index contributed by atoms with van der Waals surface area (Å²) >= 11 is 7.04. The highest BCUT2D eigenvalue weighted by atomic mass is 79.9. The Morgan fingerprint density at radius 2 is 1.93 bits per heavy atom. The maximum Gasteiger partial charge on any atom is 0.176 e. The zero-order chi connectivity index (χ0) is 18.4. The summed E-state index contributed by atoms with van der Waals surface area (Å²) in [5, 5.41) is 0. The summed E-state index contributed by atoms with van der Waals surface area (Å²) in [5.74, 6) is 2.55. The molecule has 3 aliphatic rings. The molecule has 0 amide bonds. The van der Waals surface area contributed by atoms with Gasteiger partial charge in [-0.15, -0.1) is 0 Å². The van der Waals surface area contributed by atoms with Gasteiger partial charge in [0.2, 0.25) is 0 Å². The maximum absolute atomic E-state index is 6.10. The molecule has 0 aliphatic carbocycles. The molecule has 0 spiro atoms. The first-order chi connectivity index (χ1) is 13.2. The van der Waals surface area contributed by atoms with Gasteiger partial charge in [0.15, 0.2) is 17.3 Å². The fraction of sp³-hybridized carbons (Fsp3) is 0.450. The third-order valence-electron chi connectivity index (χ3n) is 5.58. The molecule has 1 aromatic heterocycles.